The fourth-order valence-electron chi connectivity index (χ4n) is 1.44. The minimum Gasteiger partial charge on any atom is -0.481 e. The van der Waals surface area contributed by atoms with Crippen LogP contribution in [0.25, 0.3) is 0 Å². The molecule has 0 radical (unpaired) electrons. The van der Waals surface area contributed by atoms with Gasteiger partial charge in [0, 0.05) is 12.1 Å². The van der Waals surface area contributed by atoms with Gasteiger partial charge in [-0.1, -0.05) is 29.8 Å². The van der Waals surface area contributed by atoms with Crippen molar-refractivity contribution >= 4 is 11.8 Å². The standard InChI is InChI=1S/C13H17NO3/c1-10-3-5-11(6-4-10)12(15)9-14(2)8-7-13(16)17/h3-6H,7-9H2,1-2H3,(H,16,17). The summed E-state index contributed by atoms with van der Waals surface area (Å²) in [6, 6.07) is 7.38. The highest BCUT2D eigenvalue weighted by Gasteiger charge is 2.10. The fraction of sp³-hybridized carbons (Fsp3) is 0.385. The van der Waals surface area contributed by atoms with Crippen LogP contribution in [0.3, 0.4) is 0 Å². The molecule has 0 bridgehead atoms. The van der Waals surface area contributed by atoms with Gasteiger partial charge in [-0.15, -0.1) is 0 Å². The number of Topliss-reactive ketones (excluding diaryl/α,β-unsaturated/α-hetero) is 1. The lowest BCUT2D eigenvalue weighted by molar-refractivity contribution is -0.137. The summed E-state index contributed by atoms with van der Waals surface area (Å²) in [4.78, 5) is 23.9. The van der Waals surface area contributed by atoms with Gasteiger partial charge >= 0.3 is 5.97 Å². The van der Waals surface area contributed by atoms with E-state index in [4.69, 9.17) is 5.11 Å². The van der Waals surface area contributed by atoms with E-state index in [9.17, 15) is 9.59 Å². The predicted octanol–water partition coefficient (Wildman–Crippen LogP) is 1.58. The Morgan fingerprint density at radius 1 is 1.24 bits per heavy atom. The molecule has 1 rings (SSSR count). The van der Waals surface area contributed by atoms with E-state index in [2.05, 4.69) is 0 Å². The molecular weight excluding hydrogens is 218 g/mol. The molecule has 1 aromatic carbocycles. The third kappa shape index (κ3) is 4.78. The lowest BCUT2D eigenvalue weighted by Crippen LogP contribution is -2.28. The van der Waals surface area contributed by atoms with Crippen molar-refractivity contribution in [2.24, 2.45) is 0 Å². The normalized spacial score (nSPS) is 10.5. The molecule has 0 aliphatic carbocycles. The molecule has 17 heavy (non-hydrogen) atoms. The lowest BCUT2D eigenvalue weighted by Gasteiger charge is -2.14. The van der Waals surface area contributed by atoms with E-state index in [-0.39, 0.29) is 18.7 Å². The van der Waals surface area contributed by atoms with Crippen molar-refractivity contribution < 1.29 is 14.7 Å². The molecule has 0 atom stereocenters. The number of hydrogen-bond acceptors (Lipinski definition) is 3. The van der Waals surface area contributed by atoms with Gasteiger partial charge in [-0.25, -0.2) is 0 Å². The summed E-state index contributed by atoms with van der Waals surface area (Å²) in [5, 5.41) is 8.53. The molecule has 1 N–H and O–H groups in total. The maximum atomic E-state index is 11.8. The van der Waals surface area contributed by atoms with Gasteiger partial charge in [0.1, 0.15) is 0 Å². The molecule has 0 spiro atoms. The lowest BCUT2D eigenvalue weighted by atomic mass is 10.1. The van der Waals surface area contributed by atoms with Crippen LogP contribution < -0.4 is 0 Å². The zero-order valence-electron chi connectivity index (χ0n) is 10.1. The van der Waals surface area contributed by atoms with Gasteiger partial charge in [-0.2, -0.15) is 0 Å². The number of nitrogens with zero attached hydrogens (tertiary/aromatic N) is 1. The maximum Gasteiger partial charge on any atom is 0.304 e. The Morgan fingerprint density at radius 2 is 1.82 bits per heavy atom. The molecule has 0 saturated heterocycles. The number of rotatable bonds is 6. The van der Waals surface area contributed by atoms with Crippen LogP contribution in [0, 0.1) is 6.92 Å². The van der Waals surface area contributed by atoms with Crippen LogP contribution in [0.15, 0.2) is 24.3 Å². The summed E-state index contributed by atoms with van der Waals surface area (Å²) in [5.41, 5.74) is 1.78. The van der Waals surface area contributed by atoms with Crippen molar-refractivity contribution in [1.82, 2.24) is 4.90 Å². The molecule has 0 saturated carbocycles. The zero-order valence-corrected chi connectivity index (χ0v) is 10.1. The molecule has 1 aromatic rings. The van der Waals surface area contributed by atoms with Gasteiger partial charge in [0.2, 0.25) is 0 Å². The second kappa shape index (κ2) is 6.15. The van der Waals surface area contributed by atoms with Crippen molar-refractivity contribution in [1.29, 1.82) is 0 Å². The van der Waals surface area contributed by atoms with Crippen molar-refractivity contribution in [3.05, 3.63) is 35.4 Å². The number of benzene rings is 1. The number of aryl methyl sites for hydroxylation is 1. The first kappa shape index (κ1) is 13.4. The smallest absolute Gasteiger partial charge is 0.304 e. The molecule has 4 heteroatoms. The van der Waals surface area contributed by atoms with E-state index in [1.54, 1.807) is 24.1 Å². The highest BCUT2D eigenvalue weighted by atomic mass is 16.4. The van der Waals surface area contributed by atoms with E-state index in [1.807, 2.05) is 19.1 Å². The number of hydrogen-bond donors (Lipinski definition) is 1. The van der Waals surface area contributed by atoms with Gasteiger partial charge in [-0.05, 0) is 14.0 Å². The highest BCUT2D eigenvalue weighted by Crippen LogP contribution is 2.05. The molecule has 4 nitrogen and oxygen atoms in total. The van der Waals surface area contributed by atoms with E-state index < -0.39 is 5.97 Å². The summed E-state index contributed by atoms with van der Waals surface area (Å²) in [6.07, 6.45) is 0.0533. The van der Waals surface area contributed by atoms with Crippen LogP contribution in [0.5, 0.6) is 0 Å². The van der Waals surface area contributed by atoms with E-state index in [0.717, 1.165) is 5.56 Å². The monoisotopic (exact) mass is 235 g/mol. The molecule has 0 aliphatic heterocycles. The Morgan fingerprint density at radius 3 is 2.35 bits per heavy atom. The van der Waals surface area contributed by atoms with Crippen LogP contribution in [0.1, 0.15) is 22.3 Å². The summed E-state index contributed by atoms with van der Waals surface area (Å²) in [6.45, 7) is 2.59. The Balaban J connectivity index is 2.48. The average molecular weight is 235 g/mol. The number of aliphatic carboxylic acids is 1. The third-order valence-corrected chi connectivity index (χ3v) is 2.49. The van der Waals surface area contributed by atoms with Crippen LogP contribution >= 0.6 is 0 Å². The topological polar surface area (TPSA) is 57.6 Å². The first-order chi connectivity index (χ1) is 7.99. The van der Waals surface area contributed by atoms with Gasteiger partial charge in [0.05, 0.1) is 13.0 Å². The minimum atomic E-state index is -0.848. The Hall–Kier alpha value is -1.68. The SMILES string of the molecule is Cc1ccc(C(=O)CN(C)CCC(=O)O)cc1. The van der Waals surface area contributed by atoms with E-state index >= 15 is 0 Å². The number of likely N-dealkylation sites (N-methyl/N-ethyl adjacent to an activating group) is 1. The zero-order chi connectivity index (χ0) is 12.8. The summed E-state index contributed by atoms with van der Waals surface area (Å²) >= 11 is 0. The van der Waals surface area contributed by atoms with Crippen molar-refractivity contribution in [3.63, 3.8) is 0 Å². The highest BCUT2D eigenvalue weighted by molar-refractivity contribution is 5.97. The van der Waals surface area contributed by atoms with E-state index in [1.165, 1.54) is 0 Å². The molecule has 0 aromatic heterocycles. The molecular formula is C13H17NO3. The second-order valence-electron chi connectivity index (χ2n) is 4.17. The van der Waals surface area contributed by atoms with Crippen molar-refractivity contribution in [3.8, 4) is 0 Å². The maximum absolute atomic E-state index is 11.8. The van der Waals surface area contributed by atoms with E-state index in [0.29, 0.717) is 12.1 Å². The number of ketones is 1. The number of carboxylic acid groups (broad SMARTS) is 1. The number of carbonyl (C=O) groups is 2. The summed E-state index contributed by atoms with van der Waals surface area (Å²) in [5.74, 6) is -0.836. The molecule has 0 fully saturated rings. The summed E-state index contributed by atoms with van der Waals surface area (Å²) < 4.78 is 0. The molecule has 92 valence electrons. The van der Waals surface area contributed by atoms with Crippen molar-refractivity contribution in [2.75, 3.05) is 20.1 Å². The van der Waals surface area contributed by atoms with Crippen LogP contribution in [-0.4, -0.2) is 41.9 Å². The quantitative estimate of drug-likeness (QED) is 0.761. The fourth-order valence-corrected chi connectivity index (χ4v) is 1.44. The van der Waals surface area contributed by atoms with Gasteiger partial charge < -0.3 is 5.11 Å². The van der Waals surface area contributed by atoms with Gasteiger partial charge in [-0.3, -0.25) is 14.5 Å². The number of carboxylic acids is 1. The number of carbonyl (C=O) groups excluding carboxylic acids is 1. The summed E-state index contributed by atoms with van der Waals surface area (Å²) in [7, 11) is 1.75. The average Bonchev–Trinajstić information content (AvgIpc) is 2.27. The minimum absolute atomic E-state index is 0.0119. The van der Waals surface area contributed by atoms with Gasteiger partial charge in [0.15, 0.2) is 5.78 Å². The van der Waals surface area contributed by atoms with Gasteiger partial charge in [0.25, 0.3) is 0 Å². The Labute approximate surface area is 101 Å². The molecule has 0 heterocycles. The predicted molar refractivity (Wildman–Crippen MR) is 65.3 cm³/mol. The third-order valence-electron chi connectivity index (χ3n) is 2.49. The molecule has 0 amide bonds. The van der Waals surface area contributed by atoms with Crippen LogP contribution in [-0.2, 0) is 4.79 Å². The Kier molecular flexibility index (Phi) is 4.84. The van der Waals surface area contributed by atoms with Crippen LogP contribution in [0.2, 0.25) is 0 Å². The second-order valence-corrected chi connectivity index (χ2v) is 4.17. The van der Waals surface area contributed by atoms with Crippen molar-refractivity contribution in [2.45, 2.75) is 13.3 Å². The Bertz CT molecular complexity index is 398. The largest absolute Gasteiger partial charge is 0.481 e. The first-order valence-electron chi connectivity index (χ1n) is 5.49. The first-order valence-corrected chi connectivity index (χ1v) is 5.49. The molecule has 0 unspecified atom stereocenters. The molecule has 0 aliphatic rings. The van der Waals surface area contributed by atoms with Crippen LogP contribution in [0.4, 0.5) is 0 Å².